The minimum atomic E-state index is -0.562. The second-order valence-electron chi connectivity index (χ2n) is 5.12. The van der Waals surface area contributed by atoms with Gasteiger partial charge in [-0.1, -0.05) is 42.5 Å². The van der Waals surface area contributed by atoms with E-state index in [1.54, 1.807) is 24.3 Å². The van der Waals surface area contributed by atoms with Crippen LogP contribution in [0.25, 0.3) is 0 Å². The number of nitrogens with one attached hydrogen (secondary N) is 1. The number of para-hydroxylation sites is 1. The number of carbonyl (C=O) groups excluding carboxylic acids is 2. The molecule has 0 fully saturated rings. The zero-order chi connectivity index (χ0) is 15.9. The van der Waals surface area contributed by atoms with E-state index in [2.05, 4.69) is 5.32 Å². The van der Waals surface area contributed by atoms with E-state index in [0.717, 1.165) is 5.56 Å². The first kappa shape index (κ1) is 15.7. The molecule has 2 rings (SSSR count). The van der Waals surface area contributed by atoms with Gasteiger partial charge in [0.05, 0.1) is 17.8 Å². The number of hydrogen-bond acceptors (Lipinski definition) is 3. The third kappa shape index (κ3) is 4.43. The number of amides is 2. The number of hydrogen-bond donors (Lipinski definition) is 2. The summed E-state index contributed by atoms with van der Waals surface area (Å²) in [5.74, 6) is -0.749. The Morgan fingerprint density at radius 1 is 1.05 bits per heavy atom. The van der Waals surface area contributed by atoms with Gasteiger partial charge in [0.2, 0.25) is 5.91 Å². The van der Waals surface area contributed by atoms with E-state index >= 15 is 0 Å². The molecular formula is C17H19N3O2. The molecule has 2 amide bonds. The van der Waals surface area contributed by atoms with E-state index in [1.165, 1.54) is 0 Å². The van der Waals surface area contributed by atoms with Crippen LogP contribution in [-0.4, -0.2) is 30.3 Å². The van der Waals surface area contributed by atoms with Crippen LogP contribution in [0.3, 0.4) is 0 Å². The van der Waals surface area contributed by atoms with E-state index in [9.17, 15) is 9.59 Å². The normalized spacial score (nSPS) is 10.5. The summed E-state index contributed by atoms with van der Waals surface area (Å²) >= 11 is 0. The lowest BCUT2D eigenvalue weighted by Gasteiger charge is -2.17. The van der Waals surface area contributed by atoms with Gasteiger partial charge in [0, 0.05) is 6.54 Å². The molecule has 2 aromatic carbocycles. The fraction of sp³-hybridized carbons (Fsp3) is 0.176. The van der Waals surface area contributed by atoms with Gasteiger partial charge in [0.15, 0.2) is 0 Å². The molecule has 0 saturated carbocycles. The van der Waals surface area contributed by atoms with Crippen molar-refractivity contribution < 1.29 is 9.59 Å². The van der Waals surface area contributed by atoms with Crippen molar-refractivity contribution in [3.8, 4) is 0 Å². The maximum atomic E-state index is 12.1. The summed E-state index contributed by atoms with van der Waals surface area (Å²) in [4.78, 5) is 25.3. The molecule has 0 aliphatic carbocycles. The number of benzene rings is 2. The van der Waals surface area contributed by atoms with Crippen molar-refractivity contribution in [3.63, 3.8) is 0 Å². The van der Waals surface area contributed by atoms with E-state index in [0.29, 0.717) is 17.8 Å². The van der Waals surface area contributed by atoms with Crippen molar-refractivity contribution in [1.29, 1.82) is 0 Å². The summed E-state index contributed by atoms with van der Waals surface area (Å²) < 4.78 is 0. The summed E-state index contributed by atoms with van der Waals surface area (Å²) in [5, 5.41) is 2.73. The van der Waals surface area contributed by atoms with Crippen molar-refractivity contribution >= 4 is 17.5 Å². The van der Waals surface area contributed by atoms with E-state index in [1.807, 2.05) is 42.3 Å². The Balaban J connectivity index is 1.94. The number of primary amides is 1. The Bertz CT molecular complexity index is 656. The molecule has 0 aromatic heterocycles. The van der Waals surface area contributed by atoms with Gasteiger partial charge < -0.3 is 11.1 Å². The second kappa shape index (κ2) is 7.38. The highest BCUT2D eigenvalue weighted by molar-refractivity contribution is 6.03. The molecule has 0 unspecified atom stereocenters. The van der Waals surface area contributed by atoms with Gasteiger partial charge in [-0.15, -0.1) is 0 Å². The minimum Gasteiger partial charge on any atom is -0.366 e. The van der Waals surface area contributed by atoms with Crippen LogP contribution in [0, 0.1) is 0 Å². The van der Waals surface area contributed by atoms with Gasteiger partial charge in [-0.25, -0.2) is 0 Å². The number of nitrogens with two attached hydrogens (primary N) is 1. The quantitative estimate of drug-likeness (QED) is 0.854. The topological polar surface area (TPSA) is 75.4 Å². The number of carbonyl (C=O) groups is 2. The van der Waals surface area contributed by atoms with Crippen molar-refractivity contribution in [3.05, 3.63) is 65.7 Å². The average molecular weight is 297 g/mol. The fourth-order valence-electron chi connectivity index (χ4n) is 2.19. The van der Waals surface area contributed by atoms with Crippen LogP contribution in [0.4, 0.5) is 5.69 Å². The van der Waals surface area contributed by atoms with Crippen molar-refractivity contribution in [2.24, 2.45) is 5.73 Å². The van der Waals surface area contributed by atoms with Gasteiger partial charge >= 0.3 is 0 Å². The fourth-order valence-corrected chi connectivity index (χ4v) is 2.19. The van der Waals surface area contributed by atoms with Crippen molar-refractivity contribution in [2.45, 2.75) is 6.54 Å². The summed E-state index contributed by atoms with van der Waals surface area (Å²) in [5.41, 5.74) is 7.17. The molecule has 0 radical (unpaired) electrons. The van der Waals surface area contributed by atoms with Crippen molar-refractivity contribution in [1.82, 2.24) is 4.90 Å². The molecule has 3 N–H and O–H groups in total. The first-order chi connectivity index (χ1) is 10.6. The summed E-state index contributed by atoms with van der Waals surface area (Å²) in [7, 11) is 1.87. The largest absolute Gasteiger partial charge is 0.366 e. The third-order valence-electron chi connectivity index (χ3n) is 3.18. The smallest absolute Gasteiger partial charge is 0.250 e. The molecule has 2 aromatic rings. The van der Waals surface area contributed by atoms with Gasteiger partial charge in [-0.2, -0.15) is 0 Å². The van der Waals surface area contributed by atoms with Gasteiger partial charge in [0.1, 0.15) is 0 Å². The lowest BCUT2D eigenvalue weighted by molar-refractivity contribution is -0.117. The minimum absolute atomic E-state index is 0.188. The molecular weight excluding hydrogens is 278 g/mol. The number of anilines is 1. The maximum Gasteiger partial charge on any atom is 0.250 e. The molecule has 114 valence electrons. The summed E-state index contributed by atoms with van der Waals surface area (Å²) in [6.07, 6.45) is 0. The van der Waals surface area contributed by atoms with Gasteiger partial charge in [0.25, 0.3) is 5.91 Å². The number of nitrogens with zero attached hydrogens (tertiary/aromatic N) is 1. The summed E-state index contributed by atoms with van der Waals surface area (Å²) in [6.45, 7) is 0.897. The molecule has 0 heterocycles. The van der Waals surface area contributed by atoms with Crippen LogP contribution >= 0.6 is 0 Å². The van der Waals surface area contributed by atoms with E-state index in [4.69, 9.17) is 5.73 Å². The molecule has 0 atom stereocenters. The second-order valence-corrected chi connectivity index (χ2v) is 5.12. The predicted octanol–water partition coefficient (Wildman–Crippen LogP) is 1.86. The first-order valence-corrected chi connectivity index (χ1v) is 6.97. The molecule has 0 saturated heterocycles. The highest BCUT2D eigenvalue weighted by Gasteiger charge is 2.12. The van der Waals surface area contributed by atoms with Crippen LogP contribution in [0.15, 0.2) is 54.6 Å². The monoisotopic (exact) mass is 297 g/mol. The van der Waals surface area contributed by atoms with Crippen LogP contribution < -0.4 is 11.1 Å². The van der Waals surface area contributed by atoms with Crippen LogP contribution in [0.1, 0.15) is 15.9 Å². The zero-order valence-corrected chi connectivity index (χ0v) is 12.5. The average Bonchev–Trinajstić information content (AvgIpc) is 2.48. The van der Waals surface area contributed by atoms with Gasteiger partial charge in [-0.3, -0.25) is 14.5 Å². The number of likely N-dealkylation sites (N-methyl/N-ethyl adjacent to an activating group) is 1. The van der Waals surface area contributed by atoms with E-state index < -0.39 is 5.91 Å². The van der Waals surface area contributed by atoms with Crippen LogP contribution in [0.2, 0.25) is 0 Å². The third-order valence-corrected chi connectivity index (χ3v) is 3.18. The highest BCUT2D eigenvalue weighted by Crippen LogP contribution is 2.14. The molecule has 0 spiro atoms. The lowest BCUT2D eigenvalue weighted by atomic mass is 10.1. The standard InChI is InChI=1S/C17H19N3O2/c1-20(11-13-7-3-2-4-8-13)12-16(21)19-15-10-6-5-9-14(15)17(18)22/h2-10H,11-12H2,1H3,(H2,18,22)(H,19,21). The van der Waals surface area contributed by atoms with Crippen LogP contribution in [-0.2, 0) is 11.3 Å². The molecule has 5 nitrogen and oxygen atoms in total. The number of rotatable bonds is 6. The molecule has 0 aliphatic rings. The zero-order valence-electron chi connectivity index (χ0n) is 12.5. The molecule has 5 heteroatoms. The Morgan fingerprint density at radius 3 is 2.36 bits per heavy atom. The van der Waals surface area contributed by atoms with Crippen molar-refractivity contribution in [2.75, 3.05) is 18.9 Å². The van der Waals surface area contributed by atoms with Gasteiger partial charge in [-0.05, 0) is 24.7 Å². The predicted molar refractivity (Wildman–Crippen MR) is 86.4 cm³/mol. The van der Waals surface area contributed by atoms with Crippen LogP contribution in [0.5, 0.6) is 0 Å². The van der Waals surface area contributed by atoms with E-state index in [-0.39, 0.29) is 12.5 Å². The molecule has 22 heavy (non-hydrogen) atoms. The molecule has 0 bridgehead atoms. The Labute approximate surface area is 129 Å². The maximum absolute atomic E-state index is 12.1. The lowest BCUT2D eigenvalue weighted by Crippen LogP contribution is -2.30. The highest BCUT2D eigenvalue weighted by atomic mass is 16.2. The Morgan fingerprint density at radius 2 is 1.68 bits per heavy atom. The molecule has 0 aliphatic heterocycles. The SMILES string of the molecule is CN(CC(=O)Nc1ccccc1C(N)=O)Cc1ccccc1. The summed E-state index contributed by atoms with van der Waals surface area (Å²) in [6, 6.07) is 16.6. The Kier molecular flexibility index (Phi) is 5.27. The first-order valence-electron chi connectivity index (χ1n) is 6.97. The Hall–Kier alpha value is -2.66.